The van der Waals surface area contributed by atoms with Gasteiger partial charge in [-0.15, -0.1) is 10.2 Å². The van der Waals surface area contributed by atoms with Crippen LogP contribution in [0.2, 0.25) is 0 Å². The number of methoxy groups -OCH3 is 1. The summed E-state index contributed by atoms with van der Waals surface area (Å²) in [6.07, 6.45) is -4.47. The number of aromatic nitrogens is 5. The van der Waals surface area contributed by atoms with Crippen molar-refractivity contribution in [2.24, 2.45) is 0 Å². The number of carbonyl (C=O) groups is 1. The Hall–Kier alpha value is -3.01. The lowest BCUT2D eigenvalue weighted by molar-refractivity contribution is -0.137. The molecule has 0 fully saturated rings. The van der Waals surface area contributed by atoms with Crippen LogP contribution in [-0.2, 0) is 17.5 Å². The SMILES string of the molecule is COCC(C)n1c(C)cc(C(=O)Cn2nnc(-c3cccc(C(F)(F)F)c3)n2)c1C. The summed E-state index contributed by atoms with van der Waals surface area (Å²) < 4.78 is 46.0. The van der Waals surface area contributed by atoms with Gasteiger partial charge < -0.3 is 9.30 Å². The zero-order valence-corrected chi connectivity index (χ0v) is 17.1. The molecule has 10 heteroatoms. The van der Waals surface area contributed by atoms with Crippen molar-refractivity contribution in [1.82, 2.24) is 24.8 Å². The third-order valence-electron chi connectivity index (χ3n) is 4.82. The molecule has 0 aliphatic carbocycles. The minimum Gasteiger partial charge on any atom is -0.383 e. The van der Waals surface area contributed by atoms with E-state index in [2.05, 4.69) is 15.4 Å². The second kappa shape index (κ2) is 8.39. The maximum Gasteiger partial charge on any atom is 0.416 e. The number of hydrogen-bond acceptors (Lipinski definition) is 5. The van der Waals surface area contributed by atoms with E-state index in [0.717, 1.165) is 28.3 Å². The Kier molecular flexibility index (Phi) is 6.06. The lowest BCUT2D eigenvalue weighted by Gasteiger charge is -2.17. The number of ketones is 1. The van der Waals surface area contributed by atoms with Gasteiger partial charge >= 0.3 is 6.18 Å². The lowest BCUT2D eigenvalue weighted by atomic mass is 10.1. The van der Waals surface area contributed by atoms with Crippen LogP contribution in [0.1, 0.15) is 40.3 Å². The molecule has 1 unspecified atom stereocenters. The molecule has 0 spiro atoms. The number of rotatable bonds is 7. The van der Waals surface area contributed by atoms with E-state index >= 15 is 0 Å². The minimum atomic E-state index is -4.47. The first-order valence-corrected chi connectivity index (χ1v) is 9.27. The molecular formula is C20H22F3N5O2. The summed E-state index contributed by atoms with van der Waals surface area (Å²) >= 11 is 0. The highest BCUT2D eigenvalue weighted by molar-refractivity contribution is 5.97. The van der Waals surface area contributed by atoms with Crippen molar-refractivity contribution in [2.75, 3.05) is 13.7 Å². The molecule has 3 aromatic rings. The van der Waals surface area contributed by atoms with E-state index in [1.54, 1.807) is 13.2 Å². The van der Waals surface area contributed by atoms with E-state index in [1.807, 2.05) is 25.3 Å². The summed E-state index contributed by atoms with van der Waals surface area (Å²) in [7, 11) is 1.62. The second-order valence-electron chi connectivity index (χ2n) is 7.10. The topological polar surface area (TPSA) is 74.8 Å². The zero-order valence-electron chi connectivity index (χ0n) is 17.1. The number of carbonyl (C=O) groups excluding carboxylic acids is 1. The van der Waals surface area contributed by atoms with E-state index in [-0.39, 0.29) is 29.8 Å². The van der Waals surface area contributed by atoms with Gasteiger partial charge in [-0.1, -0.05) is 12.1 Å². The van der Waals surface area contributed by atoms with Crippen molar-refractivity contribution in [3.05, 3.63) is 52.8 Å². The van der Waals surface area contributed by atoms with Gasteiger partial charge in [-0.3, -0.25) is 4.79 Å². The van der Waals surface area contributed by atoms with Crippen LogP contribution >= 0.6 is 0 Å². The summed E-state index contributed by atoms with van der Waals surface area (Å²) in [4.78, 5) is 13.9. The molecule has 160 valence electrons. The predicted molar refractivity (Wildman–Crippen MR) is 103 cm³/mol. The summed E-state index contributed by atoms with van der Waals surface area (Å²) in [5, 5.41) is 11.7. The van der Waals surface area contributed by atoms with E-state index in [1.165, 1.54) is 12.1 Å². The number of alkyl halides is 3. The average molecular weight is 421 g/mol. The predicted octanol–water partition coefficient (Wildman–Crippen LogP) is 3.87. The summed E-state index contributed by atoms with van der Waals surface area (Å²) in [5.74, 6) is -0.194. The first-order chi connectivity index (χ1) is 14.1. The number of hydrogen-bond donors (Lipinski definition) is 0. The highest BCUT2D eigenvalue weighted by atomic mass is 19.4. The molecule has 2 heterocycles. The van der Waals surface area contributed by atoms with Gasteiger partial charge in [0, 0.05) is 29.6 Å². The Labute approximate surface area is 171 Å². The summed E-state index contributed by atoms with van der Waals surface area (Å²) in [5.41, 5.74) is 1.64. The quantitative estimate of drug-likeness (QED) is 0.542. The molecule has 2 aromatic heterocycles. The number of tetrazole rings is 1. The number of ether oxygens (including phenoxy) is 1. The Morgan fingerprint density at radius 2 is 1.97 bits per heavy atom. The largest absolute Gasteiger partial charge is 0.416 e. The smallest absolute Gasteiger partial charge is 0.383 e. The molecule has 0 radical (unpaired) electrons. The Bertz CT molecular complexity index is 1060. The average Bonchev–Trinajstić information content (AvgIpc) is 3.25. The highest BCUT2D eigenvalue weighted by Crippen LogP contribution is 2.31. The molecule has 0 saturated heterocycles. The van der Waals surface area contributed by atoms with E-state index < -0.39 is 11.7 Å². The van der Waals surface area contributed by atoms with Crippen LogP contribution in [0.4, 0.5) is 13.2 Å². The molecule has 0 N–H and O–H groups in total. The molecule has 1 atom stereocenters. The fourth-order valence-corrected chi connectivity index (χ4v) is 3.53. The van der Waals surface area contributed by atoms with Crippen molar-refractivity contribution in [1.29, 1.82) is 0 Å². The van der Waals surface area contributed by atoms with Crippen LogP contribution < -0.4 is 0 Å². The number of halogens is 3. The number of nitrogens with zero attached hydrogens (tertiary/aromatic N) is 5. The molecular weight excluding hydrogens is 399 g/mol. The van der Waals surface area contributed by atoms with Crippen LogP contribution in [-0.4, -0.2) is 44.3 Å². The first-order valence-electron chi connectivity index (χ1n) is 9.27. The Morgan fingerprint density at radius 3 is 2.63 bits per heavy atom. The van der Waals surface area contributed by atoms with Gasteiger partial charge in [-0.25, -0.2) is 0 Å². The number of benzene rings is 1. The van der Waals surface area contributed by atoms with Gasteiger partial charge in [0.05, 0.1) is 18.2 Å². The number of Topliss-reactive ketones (excluding diaryl/α,β-unsaturated/α-hetero) is 1. The maximum absolute atomic E-state index is 12.9. The van der Waals surface area contributed by atoms with Crippen molar-refractivity contribution in [3.8, 4) is 11.4 Å². The van der Waals surface area contributed by atoms with Gasteiger partial charge in [-0.2, -0.15) is 18.0 Å². The monoisotopic (exact) mass is 421 g/mol. The molecule has 0 aliphatic heterocycles. The fraction of sp³-hybridized carbons (Fsp3) is 0.400. The van der Waals surface area contributed by atoms with Crippen molar-refractivity contribution in [2.45, 2.75) is 39.5 Å². The van der Waals surface area contributed by atoms with Crippen LogP contribution in [0.3, 0.4) is 0 Å². The molecule has 0 aliphatic rings. The fourth-order valence-electron chi connectivity index (χ4n) is 3.53. The molecule has 7 nitrogen and oxygen atoms in total. The van der Waals surface area contributed by atoms with Gasteiger partial charge in [0.2, 0.25) is 5.82 Å². The maximum atomic E-state index is 12.9. The van der Waals surface area contributed by atoms with Crippen LogP contribution in [0, 0.1) is 13.8 Å². The van der Waals surface area contributed by atoms with Gasteiger partial charge in [0.1, 0.15) is 6.54 Å². The normalized spacial score (nSPS) is 12.9. The van der Waals surface area contributed by atoms with Crippen LogP contribution in [0.5, 0.6) is 0 Å². The zero-order chi connectivity index (χ0) is 22.1. The number of aryl methyl sites for hydroxylation is 1. The van der Waals surface area contributed by atoms with E-state index in [9.17, 15) is 18.0 Å². The van der Waals surface area contributed by atoms with Gasteiger partial charge in [0.25, 0.3) is 0 Å². The van der Waals surface area contributed by atoms with Crippen molar-refractivity contribution >= 4 is 5.78 Å². The van der Waals surface area contributed by atoms with E-state index in [0.29, 0.717) is 12.2 Å². The Balaban J connectivity index is 1.80. The lowest BCUT2D eigenvalue weighted by Crippen LogP contribution is -2.16. The minimum absolute atomic E-state index is 0.0214. The first kappa shape index (κ1) is 21.7. The van der Waals surface area contributed by atoms with E-state index in [4.69, 9.17) is 4.74 Å². The third kappa shape index (κ3) is 4.43. The molecule has 0 amide bonds. The molecule has 0 bridgehead atoms. The van der Waals surface area contributed by atoms with Crippen LogP contribution in [0.25, 0.3) is 11.4 Å². The second-order valence-corrected chi connectivity index (χ2v) is 7.10. The molecule has 1 aromatic carbocycles. The van der Waals surface area contributed by atoms with Gasteiger partial charge in [-0.05, 0) is 44.2 Å². The summed E-state index contributed by atoms with van der Waals surface area (Å²) in [6.45, 7) is 6.10. The summed E-state index contributed by atoms with van der Waals surface area (Å²) in [6, 6.07) is 6.53. The van der Waals surface area contributed by atoms with Crippen molar-refractivity contribution in [3.63, 3.8) is 0 Å². The Morgan fingerprint density at radius 1 is 1.23 bits per heavy atom. The van der Waals surface area contributed by atoms with Gasteiger partial charge in [0.15, 0.2) is 5.78 Å². The van der Waals surface area contributed by atoms with Crippen LogP contribution in [0.15, 0.2) is 30.3 Å². The third-order valence-corrected chi connectivity index (χ3v) is 4.82. The molecule has 30 heavy (non-hydrogen) atoms. The molecule has 0 saturated carbocycles. The highest BCUT2D eigenvalue weighted by Gasteiger charge is 2.30. The van der Waals surface area contributed by atoms with Crippen molar-refractivity contribution < 1.29 is 22.7 Å². The molecule has 3 rings (SSSR count). The standard InChI is InChI=1S/C20H22F3N5O2/c1-12-8-17(14(3)28(12)13(2)11-30-4)18(29)10-27-25-19(24-26-27)15-6-5-7-16(9-15)20(21,22)23/h5-9,13H,10-11H2,1-4H3.